The van der Waals surface area contributed by atoms with Crippen molar-refractivity contribution < 1.29 is 9.90 Å². The van der Waals surface area contributed by atoms with Gasteiger partial charge in [0.05, 0.1) is 0 Å². The normalized spacial score (nSPS) is 9.11. The van der Waals surface area contributed by atoms with Crippen molar-refractivity contribution in [1.82, 2.24) is 4.31 Å². The highest BCUT2D eigenvalue weighted by Crippen LogP contribution is 2.04. The predicted molar refractivity (Wildman–Crippen MR) is 38.5 cm³/mol. The highest BCUT2D eigenvalue weighted by Gasteiger charge is 2.06. The van der Waals surface area contributed by atoms with Gasteiger partial charge in [0.2, 0.25) is 0 Å². The Morgan fingerprint density at radius 3 is 2.44 bits per heavy atom. The molecule has 0 rings (SSSR count). The Bertz CT molecular complexity index is 97.0. The quantitative estimate of drug-likeness (QED) is 0.620. The second kappa shape index (κ2) is 4.49. The molecule has 0 bridgehead atoms. The lowest BCUT2D eigenvalue weighted by molar-refractivity contribution is 0.175. The van der Waals surface area contributed by atoms with Crippen molar-refractivity contribution in [2.24, 2.45) is 0 Å². The molecule has 0 aliphatic heterocycles. The first kappa shape index (κ1) is 8.62. The van der Waals surface area contributed by atoms with Crippen LogP contribution >= 0.6 is 11.9 Å². The number of hydrogen-bond donors (Lipinski definition) is 1. The van der Waals surface area contributed by atoms with Gasteiger partial charge in [-0.25, -0.2) is 4.79 Å². The van der Waals surface area contributed by atoms with E-state index in [4.69, 9.17) is 5.11 Å². The topological polar surface area (TPSA) is 40.5 Å². The van der Waals surface area contributed by atoms with Gasteiger partial charge in [-0.05, 0) is 18.4 Å². The third kappa shape index (κ3) is 3.24. The average molecular weight is 149 g/mol. The lowest BCUT2D eigenvalue weighted by Crippen LogP contribution is -2.22. The molecule has 0 heterocycles. The third-order valence-electron chi connectivity index (χ3n) is 0.860. The number of carbonyl (C=O) groups is 1. The molecule has 0 atom stereocenters. The number of rotatable bonds is 3. The van der Waals surface area contributed by atoms with Crippen LogP contribution < -0.4 is 0 Å². The molecule has 1 N–H and O–H groups in total. The zero-order chi connectivity index (χ0) is 7.28. The maximum absolute atomic E-state index is 10.2. The SMILES string of the molecule is CCCN(SC)C(=O)O. The molecule has 54 valence electrons. The van der Waals surface area contributed by atoms with Gasteiger partial charge in [-0.1, -0.05) is 6.92 Å². The van der Waals surface area contributed by atoms with E-state index in [1.165, 1.54) is 16.3 Å². The second-order valence-corrected chi connectivity index (χ2v) is 2.37. The van der Waals surface area contributed by atoms with E-state index >= 15 is 0 Å². The molecule has 0 aromatic rings. The summed E-state index contributed by atoms with van der Waals surface area (Å²) in [6.45, 7) is 2.56. The highest BCUT2D eigenvalue weighted by molar-refractivity contribution is 7.96. The minimum Gasteiger partial charge on any atom is -0.464 e. The van der Waals surface area contributed by atoms with E-state index in [9.17, 15) is 4.79 Å². The monoisotopic (exact) mass is 149 g/mol. The number of nitrogens with zero attached hydrogens (tertiary/aromatic N) is 1. The van der Waals surface area contributed by atoms with Gasteiger partial charge in [0.15, 0.2) is 0 Å². The lowest BCUT2D eigenvalue weighted by Gasteiger charge is -2.12. The fourth-order valence-corrected chi connectivity index (χ4v) is 0.989. The van der Waals surface area contributed by atoms with Gasteiger partial charge >= 0.3 is 6.09 Å². The summed E-state index contributed by atoms with van der Waals surface area (Å²) in [6, 6.07) is 0. The van der Waals surface area contributed by atoms with E-state index in [1.54, 1.807) is 6.26 Å². The first-order valence-corrected chi connectivity index (χ1v) is 3.95. The van der Waals surface area contributed by atoms with Crippen LogP contribution in [0.3, 0.4) is 0 Å². The van der Waals surface area contributed by atoms with E-state index in [1.807, 2.05) is 6.92 Å². The summed E-state index contributed by atoms with van der Waals surface area (Å²) in [4.78, 5) is 10.2. The molecule has 0 saturated carbocycles. The van der Waals surface area contributed by atoms with Crippen LogP contribution in [0.5, 0.6) is 0 Å². The first-order valence-electron chi connectivity index (χ1n) is 2.77. The molecule has 3 nitrogen and oxygen atoms in total. The minimum absolute atomic E-state index is 0.608. The van der Waals surface area contributed by atoms with E-state index < -0.39 is 6.09 Å². The van der Waals surface area contributed by atoms with Crippen LogP contribution in [-0.2, 0) is 0 Å². The summed E-state index contributed by atoms with van der Waals surface area (Å²) in [6.07, 6.45) is 1.76. The molecule has 0 fully saturated rings. The molecule has 0 spiro atoms. The fraction of sp³-hybridized carbons (Fsp3) is 0.800. The third-order valence-corrected chi connectivity index (χ3v) is 1.64. The molecule has 0 aromatic heterocycles. The van der Waals surface area contributed by atoms with E-state index in [-0.39, 0.29) is 0 Å². The zero-order valence-electron chi connectivity index (χ0n) is 5.63. The Balaban J connectivity index is 3.54. The highest BCUT2D eigenvalue weighted by atomic mass is 32.2. The Kier molecular flexibility index (Phi) is 4.30. The molecular formula is C5H11NO2S. The zero-order valence-corrected chi connectivity index (χ0v) is 6.44. The van der Waals surface area contributed by atoms with Gasteiger partial charge in [-0.2, -0.15) is 0 Å². The van der Waals surface area contributed by atoms with Crippen molar-refractivity contribution in [3.05, 3.63) is 0 Å². The van der Waals surface area contributed by atoms with Gasteiger partial charge in [0.25, 0.3) is 0 Å². The maximum Gasteiger partial charge on any atom is 0.417 e. The Morgan fingerprint density at radius 1 is 1.78 bits per heavy atom. The molecule has 0 aliphatic carbocycles. The smallest absolute Gasteiger partial charge is 0.417 e. The molecule has 0 unspecified atom stereocenters. The summed E-state index contributed by atoms with van der Waals surface area (Å²) in [5.41, 5.74) is 0. The molecule has 9 heavy (non-hydrogen) atoms. The summed E-state index contributed by atoms with van der Waals surface area (Å²) < 4.78 is 1.31. The molecule has 4 heteroatoms. The van der Waals surface area contributed by atoms with Gasteiger partial charge in [-0.3, -0.25) is 4.31 Å². The first-order chi connectivity index (χ1) is 4.22. The summed E-state index contributed by atoms with van der Waals surface area (Å²) >= 11 is 1.24. The maximum atomic E-state index is 10.2. The van der Waals surface area contributed by atoms with E-state index in [0.717, 1.165) is 6.42 Å². The van der Waals surface area contributed by atoms with Gasteiger partial charge < -0.3 is 5.11 Å². The van der Waals surface area contributed by atoms with Crippen molar-refractivity contribution in [2.45, 2.75) is 13.3 Å². The average Bonchev–Trinajstić information content (AvgIpc) is 1.82. The van der Waals surface area contributed by atoms with E-state index in [2.05, 4.69) is 0 Å². The molecule has 0 aliphatic rings. The largest absolute Gasteiger partial charge is 0.464 e. The molecule has 0 saturated heterocycles. The van der Waals surface area contributed by atoms with Crippen LogP contribution in [0.1, 0.15) is 13.3 Å². The van der Waals surface area contributed by atoms with Crippen LogP contribution in [0.15, 0.2) is 0 Å². The molecule has 0 aromatic carbocycles. The van der Waals surface area contributed by atoms with Crippen molar-refractivity contribution in [1.29, 1.82) is 0 Å². The Labute approximate surface area is 59.2 Å². The Morgan fingerprint density at radius 2 is 2.33 bits per heavy atom. The molecule has 1 amide bonds. The van der Waals surface area contributed by atoms with Gasteiger partial charge in [0, 0.05) is 12.8 Å². The number of amides is 1. The fourth-order valence-electron chi connectivity index (χ4n) is 0.468. The van der Waals surface area contributed by atoms with Crippen molar-refractivity contribution in [3.63, 3.8) is 0 Å². The lowest BCUT2D eigenvalue weighted by atomic mass is 10.5. The van der Waals surface area contributed by atoms with Crippen molar-refractivity contribution in [2.75, 3.05) is 12.8 Å². The molecule has 0 radical (unpaired) electrons. The van der Waals surface area contributed by atoms with Crippen molar-refractivity contribution >= 4 is 18.0 Å². The Hall–Kier alpha value is -0.380. The van der Waals surface area contributed by atoms with Crippen LogP contribution in [0.25, 0.3) is 0 Å². The van der Waals surface area contributed by atoms with Gasteiger partial charge in [0.1, 0.15) is 0 Å². The number of hydrogen-bond acceptors (Lipinski definition) is 2. The summed E-state index contributed by atoms with van der Waals surface area (Å²) in [5, 5.41) is 8.41. The van der Waals surface area contributed by atoms with Crippen LogP contribution in [0.4, 0.5) is 4.79 Å². The van der Waals surface area contributed by atoms with Crippen molar-refractivity contribution in [3.8, 4) is 0 Å². The van der Waals surface area contributed by atoms with Crippen LogP contribution in [0, 0.1) is 0 Å². The predicted octanol–water partition coefficient (Wildman–Crippen LogP) is 1.65. The van der Waals surface area contributed by atoms with Crippen LogP contribution in [-0.4, -0.2) is 28.3 Å². The summed E-state index contributed by atoms with van der Waals surface area (Å²) in [7, 11) is 0. The minimum atomic E-state index is -0.857. The second-order valence-electron chi connectivity index (χ2n) is 1.57. The number of carboxylic acid groups (broad SMARTS) is 1. The molecular weight excluding hydrogens is 138 g/mol. The summed E-state index contributed by atoms with van der Waals surface area (Å²) in [5.74, 6) is 0. The van der Waals surface area contributed by atoms with Crippen LogP contribution in [0.2, 0.25) is 0 Å². The van der Waals surface area contributed by atoms with E-state index in [0.29, 0.717) is 6.54 Å². The standard InChI is InChI=1S/C5H11NO2S/c1-3-4-6(9-2)5(7)8/h3-4H2,1-2H3,(H,7,8). The van der Waals surface area contributed by atoms with Gasteiger partial charge in [-0.15, -0.1) is 0 Å².